The standard InChI is InChI=1S/C29H34N4O2S/c1-21-18-28(33-16-12-24(13-17-33)32-14-2-3-15-32)31-27-10-7-23(19-26(21)27)30-29(34)11-6-22-4-8-25(9-5-22)35-20-36/h4-5,7-10,18-20,24H,2-3,6,11-17H2,1H3,(H,30,34). The van der Waals surface area contributed by atoms with Gasteiger partial charge < -0.3 is 19.9 Å². The van der Waals surface area contributed by atoms with Gasteiger partial charge in [0.1, 0.15) is 11.6 Å². The Kier molecular flexibility index (Phi) is 7.78. The third kappa shape index (κ3) is 5.85. The number of benzene rings is 2. The number of pyridine rings is 1. The molecule has 2 aliphatic rings. The molecule has 5 rings (SSSR count). The fourth-order valence-corrected chi connectivity index (χ4v) is 5.57. The van der Waals surface area contributed by atoms with Crippen molar-refractivity contribution < 1.29 is 9.53 Å². The van der Waals surface area contributed by atoms with Gasteiger partial charge in [0, 0.05) is 36.6 Å². The number of nitrogens with zero attached hydrogens (tertiary/aromatic N) is 3. The molecule has 3 heterocycles. The van der Waals surface area contributed by atoms with Crippen molar-refractivity contribution in [1.82, 2.24) is 9.88 Å². The summed E-state index contributed by atoms with van der Waals surface area (Å²) in [5, 5.41) is 4.13. The Balaban J connectivity index is 1.19. The topological polar surface area (TPSA) is 57.7 Å². The first-order valence-electron chi connectivity index (χ1n) is 13.0. The van der Waals surface area contributed by atoms with Crippen LogP contribution in [-0.2, 0) is 11.2 Å². The van der Waals surface area contributed by atoms with Gasteiger partial charge in [0.2, 0.25) is 5.91 Å². The molecule has 2 aliphatic heterocycles. The average molecular weight is 503 g/mol. The van der Waals surface area contributed by atoms with E-state index in [4.69, 9.17) is 21.9 Å². The van der Waals surface area contributed by atoms with E-state index in [1.165, 1.54) is 49.9 Å². The van der Waals surface area contributed by atoms with Crippen LogP contribution in [0.4, 0.5) is 11.5 Å². The smallest absolute Gasteiger partial charge is 0.224 e. The van der Waals surface area contributed by atoms with E-state index in [9.17, 15) is 4.79 Å². The van der Waals surface area contributed by atoms with Crippen LogP contribution >= 0.6 is 12.2 Å². The lowest BCUT2D eigenvalue weighted by Gasteiger charge is -2.37. The molecule has 6 nitrogen and oxygen atoms in total. The van der Waals surface area contributed by atoms with Crippen LogP contribution in [-0.4, -0.2) is 53.6 Å². The number of carbonyl (C=O) groups is 1. The lowest BCUT2D eigenvalue weighted by molar-refractivity contribution is -0.116. The Labute approximate surface area is 218 Å². The lowest BCUT2D eigenvalue weighted by Crippen LogP contribution is -2.44. The molecule has 3 aromatic rings. The van der Waals surface area contributed by atoms with Crippen molar-refractivity contribution in [3.8, 4) is 5.75 Å². The Bertz CT molecular complexity index is 1220. The molecule has 2 saturated heterocycles. The molecule has 1 N–H and O–H groups in total. The maximum atomic E-state index is 12.6. The summed E-state index contributed by atoms with van der Waals surface area (Å²) in [6, 6.07) is 16.6. The van der Waals surface area contributed by atoms with Gasteiger partial charge in [-0.3, -0.25) is 4.79 Å². The molecule has 0 radical (unpaired) electrons. The summed E-state index contributed by atoms with van der Waals surface area (Å²) in [7, 11) is 0. The third-order valence-corrected chi connectivity index (χ3v) is 7.58. The van der Waals surface area contributed by atoms with Crippen LogP contribution in [0, 0.1) is 6.92 Å². The summed E-state index contributed by atoms with van der Waals surface area (Å²) in [4.78, 5) is 22.7. The van der Waals surface area contributed by atoms with E-state index in [1.54, 1.807) is 0 Å². The van der Waals surface area contributed by atoms with Crippen LogP contribution in [0.1, 0.15) is 43.2 Å². The van der Waals surface area contributed by atoms with Crippen LogP contribution < -0.4 is 15.0 Å². The van der Waals surface area contributed by atoms with Gasteiger partial charge in [-0.25, -0.2) is 4.98 Å². The molecule has 2 fully saturated rings. The monoisotopic (exact) mass is 502 g/mol. The summed E-state index contributed by atoms with van der Waals surface area (Å²) in [6.45, 7) is 6.81. The molecule has 36 heavy (non-hydrogen) atoms. The molecule has 0 bridgehead atoms. The Morgan fingerprint density at radius 1 is 1.08 bits per heavy atom. The van der Waals surface area contributed by atoms with Crippen molar-refractivity contribution in [3.63, 3.8) is 0 Å². The van der Waals surface area contributed by atoms with Gasteiger partial charge in [-0.15, -0.1) is 0 Å². The molecule has 0 saturated carbocycles. The first-order chi connectivity index (χ1) is 17.6. The number of aromatic nitrogens is 1. The number of rotatable bonds is 8. The Morgan fingerprint density at radius 3 is 2.56 bits per heavy atom. The number of likely N-dealkylation sites (tertiary alicyclic amines) is 1. The second kappa shape index (κ2) is 11.4. The molecule has 188 valence electrons. The normalized spacial score (nSPS) is 16.9. The number of hydrogen-bond acceptors (Lipinski definition) is 6. The van der Waals surface area contributed by atoms with E-state index in [0.717, 1.165) is 47.1 Å². The minimum atomic E-state index is -0.00308. The number of thiocarbonyl (C=S) groups is 1. The second-order valence-electron chi connectivity index (χ2n) is 9.90. The van der Waals surface area contributed by atoms with E-state index in [0.29, 0.717) is 18.6 Å². The highest BCUT2D eigenvalue weighted by Crippen LogP contribution is 2.28. The third-order valence-electron chi connectivity index (χ3n) is 7.48. The highest BCUT2D eigenvalue weighted by molar-refractivity contribution is 7.78. The first kappa shape index (κ1) is 24.7. The zero-order valence-corrected chi connectivity index (χ0v) is 21.7. The van der Waals surface area contributed by atoms with Crippen LogP contribution in [0.25, 0.3) is 10.9 Å². The molecular weight excluding hydrogens is 468 g/mol. The van der Waals surface area contributed by atoms with E-state index < -0.39 is 0 Å². The number of fused-ring (bicyclic) bond motifs is 1. The van der Waals surface area contributed by atoms with Crippen molar-refractivity contribution >= 4 is 46.1 Å². The maximum absolute atomic E-state index is 12.6. The highest BCUT2D eigenvalue weighted by Gasteiger charge is 2.27. The van der Waals surface area contributed by atoms with Gasteiger partial charge in [-0.1, -0.05) is 12.1 Å². The Hall–Kier alpha value is -3.03. The fraction of sp³-hybridized carbons (Fsp3) is 0.414. The number of anilines is 2. The number of aryl methyl sites for hydroxylation is 2. The lowest BCUT2D eigenvalue weighted by atomic mass is 10.0. The number of ether oxygens (including phenoxy) is 1. The molecule has 0 aliphatic carbocycles. The summed E-state index contributed by atoms with van der Waals surface area (Å²) in [5.74, 6) is 1.77. The van der Waals surface area contributed by atoms with Crippen molar-refractivity contribution in [2.75, 3.05) is 36.4 Å². The minimum absolute atomic E-state index is 0.00308. The van der Waals surface area contributed by atoms with Crippen LogP contribution in [0.5, 0.6) is 5.75 Å². The molecule has 1 aromatic heterocycles. The summed E-state index contributed by atoms with van der Waals surface area (Å²) in [6.07, 6.45) is 6.22. The van der Waals surface area contributed by atoms with E-state index >= 15 is 0 Å². The largest absolute Gasteiger partial charge is 0.454 e. The fourth-order valence-electron chi connectivity index (χ4n) is 5.45. The van der Waals surface area contributed by atoms with Crippen LogP contribution in [0.15, 0.2) is 48.5 Å². The maximum Gasteiger partial charge on any atom is 0.224 e. The number of hydrogen-bond donors (Lipinski definition) is 1. The predicted octanol–water partition coefficient (Wildman–Crippen LogP) is 5.52. The van der Waals surface area contributed by atoms with Crippen LogP contribution in [0.3, 0.4) is 0 Å². The van der Waals surface area contributed by atoms with Crippen LogP contribution in [0.2, 0.25) is 0 Å². The molecule has 0 atom stereocenters. The first-order valence-corrected chi connectivity index (χ1v) is 13.5. The molecule has 0 unspecified atom stereocenters. The van der Waals surface area contributed by atoms with E-state index in [2.05, 4.69) is 28.1 Å². The highest BCUT2D eigenvalue weighted by atomic mass is 32.1. The zero-order chi connectivity index (χ0) is 24.9. The molecule has 0 spiro atoms. The number of carbonyl (C=O) groups excluding carboxylic acids is 1. The summed E-state index contributed by atoms with van der Waals surface area (Å²) < 4.78 is 5.18. The average Bonchev–Trinajstić information content (AvgIpc) is 3.44. The second-order valence-corrected chi connectivity index (χ2v) is 10.1. The van der Waals surface area contributed by atoms with Crippen molar-refractivity contribution in [2.24, 2.45) is 0 Å². The van der Waals surface area contributed by atoms with Gasteiger partial charge in [-0.2, -0.15) is 0 Å². The molecule has 1 amide bonds. The van der Waals surface area contributed by atoms with Gasteiger partial charge in [0.15, 0.2) is 5.55 Å². The van der Waals surface area contributed by atoms with E-state index in [1.807, 2.05) is 42.5 Å². The quantitative estimate of drug-likeness (QED) is 0.410. The molecule has 7 heteroatoms. The summed E-state index contributed by atoms with van der Waals surface area (Å²) >= 11 is 4.70. The summed E-state index contributed by atoms with van der Waals surface area (Å²) in [5.41, 5.74) is 5.29. The van der Waals surface area contributed by atoms with Gasteiger partial charge >= 0.3 is 0 Å². The van der Waals surface area contributed by atoms with Crippen molar-refractivity contribution in [3.05, 3.63) is 59.7 Å². The minimum Gasteiger partial charge on any atom is -0.454 e. The SMILES string of the molecule is Cc1cc(N2CCC(N3CCCC3)CC2)nc2ccc(NC(=O)CCc3ccc(OC=S)cc3)cc12. The number of nitrogens with one attached hydrogen (secondary N) is 1. The zero-order valence-electron chi connectivity index (χ0n) is 20.9. The van der Waals surface area contributed by atoms with Gasteiger partial charge in [0.25, 0.3) is 0 Å². The Morgan fingerprint density at radius 2 is 1.83 bits per heavy atom. The molecular formula is C29H34N4O2S. The van der Waals surface area contributed by atoms with Gasteiger partial charge in [-0.05, 0) is 112 Å². The van der Waals surface area contributed by atoms with E-state index in [-0.39, 0.29) is 5.91 Å². The van der Waals surface area contributed by atoms with Gasteiger partial charge in [0.05, 0.1) is 5.52 Å². The molecule has 2 aromatic carbocycles. The number of piperidine rings is 1. The van der Waals surface area contributed by atoms with Crippen molar-refractivity contribution in [1.29, 1.82) is 0 Å². The van der Waals surface area contributed by atoms with Crippen molar-refractivity contribution in [2.45, 2.75) is 51.5 Å². The number of amides is 1. The predicted molar refractivity (Wildman–Crippen MR) is 150 cm³/mol.